The SMILES string of the molecule is CCCc1cc(C(=O)N2CCN(CC(=O)N3CCCC3)CC2)no1. The molecule has 0 aromatic carbocycles. The van der Waals surface area contributed by atoms with Gasteiger partial charge in [0.05, 0.1) is 6.54 Å². The molecule has 2 amide bonds. The molecule has 0 unspecified atom stereocenters. The van der Waals surface area contributed by atoms with Gasteiger partial charge in [0.25, 0.3) is 5.91 Å². The highest BCUT2D eigenvalue weighted by Crippen LogP contribution is 2.12. The molecule has 3 rings (SSSR count). The highest BCUT2D eigenvalue weighted by Gasteiger charge is 2.27. The second-order valence-corrected chi connectivity index (χ2v) is 6.58. The van der Waals surface area contributed by atoms with Crippen LogP contribution in [0, 0.1) is 0 Å². The van der Waals surface area contributed by atoms with Gasteiger partial charge in [-0.1, -0.05) is 12.1 Å². The fourth-order valence-corrected chi connectivity index (χ4v) is 3.31. The zero-order chi connectivity index (χ0) is 16.9. The molecule has 0 bridgehead atoms. The summed E-state index contributed by atoms with van der Waals surface area (Å²) in [4.78, 5) is 30.5. The third-order valence-electron chi connectivity index (χ3n) is 4.75. The molecular weight excluding hydrogens is 308 g/mol. The summed E-state index contributed by atoms with van der Waals surface area (Å²) < 4.78 is 5.19. The zero-order valence-corrected chi connectivity index (χ0v) is 14.4. The van der Waals surface area contributed by atoms with E-state index in [0.29, 0.717) is 25.3 Å². The number of hydrogen-bond acceptors (Lipinski definition) is 5. The first-order valence-corrected chi connectivity index (χ1v) is 8.92. The number of carbonyl (C=O) groups is 2. The van der Waals surface area contributed by atoms with Gasteiger partial charge in [-0.3, -0.25) is 14.5 Å². The molecule has 0 saturated carbocycles. The Balaban J connectivity index is 1.47. The van der Waals surface area contributed by atoms with Crippen LogP contribution < -0.4 is 0 Å². The van der Waals surface area contributed by atoms with Crippen molar-refractivity contribution < 1.29 is 14.1 Å². The molecule has 0 atom stereocenters. The second kappa shape index (κ2) is 7.79. The number of piperazine rings is 1. The van der Waals surface area contributed by atoms with Gasteiger partial charge in [-0.25, -0.2) is 0 Å². The average molecular weight is 334 g/mol. The number of amides is 2. The molecule has 1 aromatic heterocycles. The highest BCUT2D eigenvalue weighted by atomic mass is 16.5. The van der Waals surface area contributed by atoms with E-state index in [-0.39, 0.29) is 11.8 Å². The summed E-state index contributed by atoms with van der Waals surface area (Å²) in [5.74, 6) is 0.898. The van der Waals surface area contributed by atoms with Crippen molar-refractivity contribution in [2.24, 2.45) is 0 Å². The topological polar surface area (TPSA) is 69.9 Å². The van der Waals surface area contributed by atoms with E-state index in [0.717, 1.165) is 57.6 Å². The Morgan fingerprint density at radius 1 is 1.08 bits per heavy atom. The van der Waals surface area contributed by atoms with Crippen LogP contribution in [0.25, 0.3) is 0 Å². The first-order valence-electron chi connectivity index (χ1n) is 8.92. The van der Waals surface area contributed by atoms with Crippen LogP contribution >= 0.6 is 0 Å². The molecular formula is C17H26N4O3. The summed E-state index contributed by atoms with van der Waals surface area (Å²) in [5, 5.41) is 3.89. The first-order chi connectivity index (χ1) is 11.7. The molecule has 0 aliphatic carbocycles. The van der Waals surface area contributed by atoms with Crippen molar-refractivity contribution in [2.75, 3.05) is 45.8 Å². The van der Waals surface area contributed by atoms with E-state index in [1.165, 1.54) is 0 Å². The van der Waals surface area contributed by atoms with E-state index in [1.807, 2.05) is 4.90 Å². The van der Waals surface area contributed by atoms with E-state index in [2.05, 4.69) is 17.0 Å². The number of aromatic nitrogens is 1. The number of hydrogen-bond donors (Lipinski definition) is 0. The number of rotatable bonds is 5. The van der Waals surface area contributed by atoms with Gasteiger partial charge in [-0.05, 0) is 19.3 Å². The minimum atomic E-state index is -0.0772. The van der Waals surface area contributed by atoms with Crippen LogP contribution in [0.4, 0.5) is 0 Å². The van der Waals surface area contributed by atoms with Crippen molar-refractivity contribution in [1.29, 1.82) is 0 Å². The quantitative estimate of drug-likeness (QED) is 0.804. The van der Waals surface area contributed by atoms with Crippen molar-refractivity contribution in [3.63, 3.8) is 0 Å². The highest BCUT2D eigenvalue weighted by molar-refractivity contribution is 5.92. The van der Waals surface area contributed by atoms with Crippen LogP contribution in [0.5, 0.6) is 0 Å². The molecule has 7 nitrogen and oxygen atoms in total. The van der Waals surface area contributed by atoms with E-state index in [4.69, 9.17) is 4.52 Å². The molecule has 2 aliphatic heterocycles. The predicted molar refractivity (Wildman–Crippen MR) is 88.7 cm³/mol. The van der Waals surface area contributed by atoms with E-state index in [1.54, 1.807) is 11.0 Å². The van der Waals surface area contributed by atoms with Gasteiger partial charge >= 0.3 is 0 Å². The number of aryl methyl sites for hydroxylation is 1. The number of nitrogens with zero attached hydrogens (tertiary/aromatic N) is 4. The lowest BCUT2D eigenvalue weighted by Crippen LogP contribution is -2.51. The molecule has 0 N–H and O–H groups in total. The summed E-state index contributed by atoms with van der Waals surface area (Å²) in [6.07, 6.45) is 4.00. The van der Waals surface area contributed by atoms with Crippen molar-refractivity contribution in [3.05, 3.63) is 17.5 Å². The average Bonchev–Trinajstić information content (AvgIpc) is 3.27. The molecule has 1 aromatic rings. The maximum Gasteiger partial charge on any atom is 0.276 e. The molecule has 0 spiro atoms. The van der Waals surface area contributed by atoms with Crippen LogP contribution in [0.3, 0.4) is 0 Å². The van der Waals surface area contributed by atoms with E-state index in [9.17, 15) is 9.59 Å². The van der Waals surface area contributed by atoms with Gasteiger partial charge in [0.2, 0.25) is 5.91 Å². The van der Waals surface area contributed by atoms with Crippen LogP contribution in [0.1, 0.15) is 42.4 Å². The third-order valence-corrected chi connectivity index (χ3v) is 4.75. The first kappa shape index (κ1) is 17.0. The largest absolute Gasteiger partial charge is 0.361 e. The van der Waals surface area contributed by atoms with Gasteiger partial charge in [0.1, 0.15) is 5.76 Å². The summed E-state index contributed by atoms with van der Waals surface area (Å²) in [6.45, 7) is 7.02. The minimum absolute atomic E-state index is 0.0772. The van der Waals surface area contributed by atoms with Gasteiger partial charge < -0.3 is 14.3 Å². The van der Waals surface area contributed by atoms with Crippen LogP contribution in [-0.4, -0.2) is 77.5 Å². The van der Waals surface area contributed by atoms with Crippen molar-refractivity contribution in [1.82, 2.24) is 19.9 Å². The zero-order valence-electron chi connectivity index (χ0n) is 14.4. The Morgan fingerprint density at radius 3 is 2.46 bits per heavy atom. The van der Waals surface area contributed by atoms with Gasteiger partial charge in [-0.15, -0.1) is 0 Å². The fourth-order valence-electron chi connectivity index (χ4n) is 3.31. The minimum Gasteiger partial charge on any atom is -0.361 e. The lowest BCUT2D eigenvalue weighted by atomic mass is 10.2. The number of carbonyl (C=O) groups excluding carboxylic acids is 2. The smallest absolute Gasteiger partial charge is 0.276 e. The predicted octanol–water partition coefficient (Wildman–Crippen LogP) is 1.01. The molecule has 0 radical (unpaired) electrons. The van der Waals surface area contributed by atoms with E-state index < -0.39 is 0 Å². The second-order valence-electron chi connectivity index (χ2n) is 6.58. The van der Waals surface area contributed by atoms with Crippen molar-refractivity contribution in [2.45, 2.75) is 32.6 Å². The van der Waals surface area contributed by atoms with Crippen molar-refractivity contribution >= 4 is 11.8 Å². The molecule has 2 aliphatic rings. The summed E-state index contributed by atoms with van der Waals surface area (Å²) in [5.41, 5.74) is 0.389. The van der Waals surface area contributed by atoms with Crippen LogP contribution in [0.2, 0.25) is 0 Å². The Labute approximate surface area is 142 Å². The summed E-state index contributed by atoms with van der Waals surface area (Å²) >= 11 is 0. The molecule has 132 valence electrons. The molecule has 7 heteroatoms. The van der Waals surface area contributed by atoms with Gasteiger partial charge in [0.15, 0.2) is 5.69 Å². The van der Waals surface area contributed by atoms with Gasteiger partial charge in [0, 0.05) is 51.8 Å². The monoisotopic (exact) mass is 334 g/mol. The van der Waals surface area contributed by atoms with Crippen LogP contribution in [0.15, 0.2) is 10.6 Å². The van der Waals surface area contributed by atoms with Crippen LogP contribution in [-0.2, 0) is 11.2 Å². The Morgan fingerprint density at radius 2 is 1.79 bits per heavy atom. The fraction of sp³-hybridized carbons (Fsp3) is 0.706. The standard InChI is InChI=1S/C17H26N4O3/c1-2-5-14-12-15(18-24-14)17(23)21-10-8-19(9-11-21)13-16(22)20-6-3-4-7-20/h12H,2-11,13H2,1H3. The summed E-state index contributed by atoms with van der Waals surface area (Å²) in [7, 11) is 0. The molecule has 2 fully saturated rings. The Bertz CT molecular complexity index is 572. The lowest BCUT2D eigenvalue weighted by Gasteiger charge is -2.34. The third kappa shape index (κ3) is 3.95. The Kier molecular flexibility index (Phi) is 5.50. The molecule has 3 heterocycles. The van der Waals surface area contributed by atoms with Crippen molar-refractivity contribution in [3.8, 4) is 0 Å². The van der Waals surface area contributed by atoms with Gasteiger partial charge in [-0.2, -0.15) is 0 Å². The van der Waals surface area contributed by atoms with E-state index >= 15 is 0 Å². The summed E-state index contributed by atoms with van der Waals surface area (Å²) in [6, 6.07) is 1.75. The lowest BCUT2D eigenvalue weighted by molar-refractivity contribution is -0.131. The molecule has 2 saturated heterocycles. The number of likely N-dealkylation sites (tertiary alicyclic amines) is 1. The molecule has 24 heavy (non-hydrogen) atoms. The maximum absolute atomic E-state index is 12.5. The maximum atomic E-state index is 12.5. The normalized spacial score (nSPS) is 19.0. The Hall–Kier alpha value is -1.89.